The van der Waals surface area contributed by atoms with Crippen molar-refractivity contribution in [2.45, 2.75) is 26.9 Å². The van der Waals surface area contributed by atoms with Gasteiger partial charge < -0.3 is 20.1 Å². The fourth-order valence-corrected chi connectivity index (χ4v) is 2.75. The van der Waals surface area contributed by atoms with Crippen LogP contribution < -0.4 is 4.74 Å². The van der Waals surface area contributed by atoms with E-state index < -0.39 is 0 Å². The third-order valence-electron chi connectivity index (χ3n) is 3.84. The molecule has 0 radical (unpaired) electrons. The van der Waals surface area contributed by atoms with Gasteiger partial charge in [0.25, 0.3) is 0 Å². The molecule has 1 heterocycles. The van der Waals surface area contributed by atoms with Gasteiger partial charge in [0, 0.05) is 18.7 Å². The van der Waals surface area contributed by atoms with Crippen LogP contribution in [0.2, 0.25) is 0 Å². The highest BCUT2D eigenvalue weighted by atomic mass is 16.5. The fraction of sp³-hybridized carbons (Fsp3) is 0.294. The van der Waals surface area contributed by atoms with Gasteiger partial charge in [0.1, 0.15) is 29.7 Å². The maximum absolute atomic E-state index is 10.1. The molecule has 116 valence electrons. The first kappa shape index (κ1) is 14.5. The zero-order valence-electron chi connectivity index (χ0n) is 12.6. The Morgan fingerprint density at radius 1 is 0.955 bits per heavy atom. The van der Waals surface area contributed by atoms with Crippen molar-refractivity contribution in [3.8, 4) is 23.0 Å². The number of ether oxygens (including phenoxy) is 1. The smallest absolute Gasteiger partial charge is 0.142 e. The van der Waals surface area contributed by atoms with Crippen molar-refractivity contribution < 1.29 is 20.1 Å². The highest BCUT2D eigenvalue weighted by Gasteiger charge is 2.22. The van der Waals surface area contributed by atoms with Gasteiger partial charge in [-0.15, -0.1) is 0 Å². The number of benzene rings is 2. The molecule has 0 atom stereocenters. The lowest BCUT2D eigenvalue weighted by atomic mass is 10.1. The van der Waals surface area contributed by atoms with Crippen LogP contribution in [0.15, 0.2) is 24.3 Å². The first-order chi connectivity index (χ1) is 10.4. The van der Waals surface area contributed by atoms with Crippen LogP contribution in [0.4, 0.5) is 0 Å². The minimum Gasteiger partial charge on any atom is -0.507 e. The first-order valence-electron chi connectivity index (χ1n) is 7.13. The van der Waals surface area contributed by atoms with Crippen molar-refractivity contribution in [2.24, 2.45) is 0 Å². The van der Waals surface area contributed by atoms with Crippen LogP contribution in [0.25, 0.3) is 0 Å². The molecule has 0 spiro atoms. The normalized spacial score (nSPS) is 14.5. The van der Waals surface area contributed by atoms with Gasteiger partial charge in [0.2, 0.25) is 0 Å². The molecular formula is C17H19NO4. The van der Waals surface area contributed by atoms with Crippen molar-refractivity contribution in [1.29, 1.82) is 0 Å². The Balaban J connectivity index is 1.84. The number of hydrogen-bond donors (Lipinski definition) is 3. The van der Waals surface area contributed by atoms with Crippen LogP contribution in [0.3, 0.4) is 0 Å². The lowest BCUT2D eigenvalue weighted by Crippen LogP contribution is -2.31. The molecule has 5 heteroatoms. The molecule has 22 heavy (non-hydrogen) atoms. The molecule has 3 rings (SSSR count). The molecule has 0 aromatic heterocycles. The second-order valence-electron chi connectivity index (χ2n) is 5.80. The molecule has 5 nitrogen and oxygen atoms in total. The van der Waals surface area contributed by atoms with Crippen molar-refractivity contribution in [2.75, 3.05) is 6.73 Å². The molecule has 1 aliphatic heterocycles. The van der Waals surface area contributed by atoms with Gasteiger partial charge in [-0.25, -0.2) is 0 Å². The van der Waals surface area contributed by atoms with Gasteiger partial charge in [-0.3, -0.25) is 4.90 Å². The second-order valence-corrected chi connectivity index (χ2v) is 5.80. The van der Waals surface area contributed by atoms with Crippen LogP contribution in [0.1, 0.15) is 22.3 Å². The number of rotatable bonds is 2. The molecule has 0 unspecified atom stereocenters. The number of fused-ring (bicyclic) bond motifs is 1. The van der Waals surface area contributed by atoms with Crippen LogP contribution in [0, 0.1) is 13.8 Å². The van der Waals surface area contributed by atoms with Crippen LogP contribution in [0.5, 0.6) is 23.0 Å². The largest absolute Gasteiger partial charge is 0.507 e. The van der Waals surface area contributed by atoms with Crippen molar-refractivity contribution in [1.82, 2.24) is 4.90 Å². The summed E-state index contributed by atoms with van der Waals surface area (Å²) >= 11 is 0. The van der Waals surface area contributed by atoms with E-state index in [0.29, 0.717) is 31.1 Å². The van der Waals surface area contributed by atoms with Gasteiger partial charge in [-0.2, -0.15) is 0 Å². The molecule has 0 saturated carbocycles. The average molecular weight is 301 g/mol. The summed E-state index contributed by atoms with van der Waals surface area (Å²) in [6.45, 7) is 4.88. The summed E-state index contributed by atoms with van der Waals surface area (Å²) in [5, 5.41) is 30.1. The Morgan fingerprint density at radius 3 is 2.23 bits per heavy atom. The van der Waals surface area contributed by atoms with Crippen molar-refractivity contribution in [3.63, 3.8) is 0 Å². The van der Waals surface area contributed by atoms with Crippen molar-refractivity contribution in [3.05, 3.63) is 46.5 Å². The highest BCUT2D eigenvalue weighted by Crippen LogP contribution is 2.36. The quantitative estimate of drug-likeness (QED) is 0.795. The van der Waals surface area contributed by atoms with E-state index in [0.717, 1.165) is 16.7 Å². The first-order valence-corrected chi connectivity index (χ1v) is 7.13. The van der Waals surface area contributed by atoms with Gasteiger partial charge in [0.05, 0.1) is 5.56 Å². The second kappa shape index (κ2) is 5.42. The van der Waals surface area contributed by atoms with E-state index >= 15 is 0 Å². The Bertz CT molecular complexity index is 704. The summed E-state index contributed by atoms with van der Waals surface area (Å²) in [5.74, 6) is 1.02. The third-order valence-corrected chi connectivity index (χ3v) is 3.84. The van der Waals surface area contributed by atoms with E-state index in [1.54, 1.807) is 18.2 Å². The Morgan fingerprint density at radius 2 is 1.55 bits per heavy atom. The summed E-state index contributed by atoms with van der Waals surface area (Å²) in [4.78, 5) is 1.90. The maximum Gasteiger partial charge on any atom is 0.142 e. The number of phenols is 3. The number of nitrogens with zero attached hydrogens (tertiary/aromatic N) is 1. The summed E-state index contributed by atoms with van der Waals surface area (Å²) in [7, 11) is 0. The van der Waals surface area contributed by atoms with Gasteiger partial charge >= 0.3 is 0 Å². The molecule has 0 saturated heterocycles. The van der Waals surface area contributed by atoms with E-state index in [1.165, 1.54) is 0 Å². The monoisotopic (exact) mass is 301 g/mol. The highest BCUT2D eigenvalue weighted by molar-refractivity contribution is 5.49. The number of phenolic OH excluding ortho intramolecular Hbond substituents is 3. The zero-order valence-corrected chi connectivity index (χ0v) is 12.6. The predicted octanol–water partition coefficient (Wildman–Crippen LogP) is 2.77. The molecule has 0 amide bonds. The third kappa shape index (κ3) is 2.67. The van der Waals surface area contributed by atoms with Gasteiger partial charge in [-0.05, 0) is 49.2 Å². The van der Waals surface area contributed by atoms with Crippen molar-refractivity contribution >= 4 is 0 Å². The molecule has 1 aliphatic rings. The lowest BCUT2D eigenvalue weighted by molar-refractivity contribution is 0.0855. The summed E-state index contributed by atoms with van der Waals surface area (Å²) in [6.07, 6.45) is 0. The number of hydrogen-bond acceptors (Lipinski definition) is 5. The van der Waals surface area contributed by atoms with E-state index in [2.05, 4.69) is 0 Å². The molecule has 2 aromatic carbocycles. The van der Waals surface area contributed by atoms with Crippen LogP contribution in [-0.4, -0.2) is 27.0 Å². The van der Waals surface area contributed by atoms with E-state index in [4.69, 9.17) is 4.74 Å². The number of aryl methyl sites for hydroxylation is 2. The maximum atomic E-state index is 10.1. The van der Waals surface area contributed by atoms with E-state index in [1.807, 2.05) is 24.8 Å². The fourth-order valence-electron chi connectivity index (χ4n) is 2.75. The molecule has 0 fully saturated rings. The minimum absolute atomic E-state index is 0.0661. The zero-order chi connectivity index (χ0) is 15.9. The average Bonchev–Trinajstić information content (AvgIpc) is 2.43. The van der Waals surface area contributed by atoms with Gasteiger partial charge in [0.15, 0.2) is 0 Å². The predicted molar refractivity (Wildman–Crippen MR) is 82.1 cm³/mol. The number of aromatic hydroxyl groups is 3. The summed E-state index contributed by atoms with van der Waals surface area (Å²) < 4.78 is 5.68. The SMILES string of the molecule is Cc1cc(O)c(CN2COc3cc(C)cc(O)c3C2)c(O)c1. The topological polar surface area (TPSA) is 73.2 Å². The molecule has 0 aliphatic carbocycles. The van der Waals surface area contributed by atoms with Crippen LogP contribution in [-0.2, 0) is 13.1 Å². The summed E-state index contributed by atoms with van der Waals surface area (Å²) in [6, 6.07) is 6.84. The summed E-state index contributed by atoms with van der Waals surface area (Å²) in [5.41, 5.74) is 2.93. The Kier molecular flexibility index (Phi) is 3.58. The molecule has 2 aromatic rings. The van der Waals surface area contributed by atoms with E-state index in [-0.39, 0.29) is 17.2 Å². The standard InChI is InChI=1S/C17H19NO4/c1-10-3-14(19)12(15(20)4-10)7-18-8-13-16(21)5-11(2)6-17(13)22-9-18/h3-6,19-21H,7-9H2,1-2H3. The lowest BCUT2D eigenvalue weighted by Gasteiger charge is -2.30. The minimum atomic E-state index is 0.0661. The molecular weight excluding hydrogens is 282 g/mol. The molecule has 3 N–H and O–H groups in total. The van der Waals surface area contributed by atoms with Crippen LogP contribution >= 0.6 is 0 Å². The Labute approximate surface area is 129 Å². The van der Waals surface area contributed by atoms with Gasteiger partial charge in [-0.1, -0.05) is 0 Å². The molecule has 0 bridgehead atoms. The Hall–Kier alpha value is -2.40. The van der Waals surface area contributed by atoms with E-state index in [9.17, 15) is 15.3 Å².